The lowest BCUT2D eigenvalue weighted by atomic mass is 9.13. The summed E-state index contributed by atoms with van der Waals surface area (Å²) in [5.74, 6) is 8.33. The van der Waals surface area contributed by atoms with E-state index in [9.17, 15) is 0 Å². The SMILES string of the molecule is C=CC12C3[C@@H]4C5CC([C@H]41)[C@@H]2[C@@H]53. The summed E-state index contributed by atoms with van der Waals surface area (Å²) in [6, 6.07) is 0. The third-order valence-electron chi connectivity index (χ3n) is 6.20. The molecule has 0 unspecified atom stereocenters. The highest BCUT2D eigenvalue weighted by Gasteiger charge is 2.96. The smallest absolute Gasteiger partial charge is 0.00193 e. The lowest BCUT2D eigenvalue weighted by molar-refractivity contribution is -0.425. The molecule has 4 atom stereocenters. The zero-order chi connectivity index (χ0) is 6.96. The van der Waals surface area contributed by atoms with Gasteiger partial charge in [-0.3, -0.25) is 0 Å². The van der Waals surface area contributed by atoms with Crippen molar-refractivity contribution >= 4 is 0 Å². The molecule has 0 N–H and O–H groups in total. The molecule has 0 aromatic rings. The van der Waals surface area contributed by atoms with Gasteiger partial charge in [0.1, 0.15) is 0 Å². The van der Waals surface area contributed by atoms with Crippen LogP contribution in [0, 0.1) is 46.8 Å². The standard InChI is InChI=1S/C11H12/c1-2-11-8-5-3-4-6(8)10(11)7(4)9(5)11/h2,4-10H,1,3H2/t4?,5?,6-,7-,8-,9-,10?,11?/m1/s1. The van der Waals surface area contributed by atoms with Crippen LogP contribution in [0.25, 0.3) is 0 Å². The van der Waals surface area contributed by atoms with Crippen LogP contribution in [0.4, 0.5) is 0 Å². The van der Waals surface area contributed by atoms with E-state index in [1.54, 1.807) is 6.42 Å². The Kier molecular flexibility index (Phi) is 0.384. The molecule has 6 fully saturated rings. The molecule has 0 heterocycles. The van der Waals surface area contributed by atoms with E-state index in [0.29, 0.717) is 0 Å². The summed E-state index contributed by atoms with van der Waals surface area (Å²) in [6.07, 6.45) is 3.95. The highest BCUT2D eigenvalue weighted by molar-refractivity contribution is 5.47. The van der Waals surface area contributed by atoms with Gasteiger partial charge in [0.15, 0.2) is 0 Å². The topological polar surface area (TPSA) is 0 Å². The maximum atomic E-state index is 4.04. The zero-order valence-electron chi connectivity index (χ0n) is 6.53. The molecule has 0 radical (unpaired) electrons. The van der Waals surface area contributed by atoms with Gasteiger partial charge in [0.25, 0.3) is 0 Å². The molecule has 6 rings (SSSR count). The summed E-state index contributed by atoms with van der Waals surface area (Å²) in [5.41, 5.74) is 0.757. The van der Waals surface area contributed by atoms with E-state index in [1.165, 1.54) is 29.6 Å². The van der Waals surface area contributed by atoms with Gasteiger partial charge in [-0.15, -0.1) is 6.58 Å². The third-order valence-corrected chi connectivity index (χ3v) is 6.20. The van der Waals surface area contributed by atoms with Gasteiger partial charge >= 0.3 is 0 Å². The van der Waals surface area contributed by atoms with Crippen molar-refractivity contribution in [2.75, 3.05) is 0 Å². The number of hydrogen-bond donors (Lipinski definition) is 0. The second kappa shape index (κ2) is 0.901. The Bertz CT molecular complexity index is 279. The van der Waals surface area contributed by atoms with E-state index >= 15 is 0 Å². The van der Waals surface area contributed by atoms with Gasteiger partial charge in [-0.05, 0) is 53.3 Å². The number of rotatable bonds is 1. The van der Waals surface area contributed by atoms with Gasteiger partial charge in [0.05, 0.1) is 0 Å². The number of allylic oxidation sites excluding steroid dienone is 1. The van der Waals surface area contributed by atoms with Crippen LogP contribution >= 0.6 is 0 Å². The Balaban J connectivity index is 1.84. The van der Waals surface area contributed by atoms with E-state index in [1.807, 2.05) is 0 Å². The maximum absolute atomic E-state index is 4.04. The number of hydrogen-bond acceptors (Lipinski definition) is 0. The molecule has 0 aromatic carbocycles. The van der Waals surface area contributed by atoms with Crippen LogP contribution < -0.4 is 0 Å². The van der Waals surface area contributed by atoms with Crippen LogP contribution in [0.5, 0.6) is 0 Å². The predicted octanol–water partition coefficient (Wildman–Crippen LogP) is 1.93. The average Bonchev–Trinajstić information content (AvgIpc) is 2.27. The molecule has 6 aliphatic carbocycles. The summed E-state index contributed by atoms with van der Waals surface area (Å²) in [6.45, 7) is 4.04. The molecular weight excluding hydrogens is 132 g/mol. The lowest BCUT2D eigenvalue weighted by Crippen LogP contribution is -2.88. The highest BCUT2D eigenvalue weighted by atomic mass is 15.0. The van der Waals surface area contributed by atoms with Gasteiger partial charge in [-0.25, -0.2) is 0 Å². The fourth-order valence-corrected chi connectivity index (χ4v) is 6.39. The fourth-order valence-electron chi connectivity index (χ4n) is 6.39. The molecule has 0 amide bonds. The Morgan fingerprint density at radius 3 is 2.36 bits per heavy atom. The van der Waals surface area contributed by atoms with Crippen molar-refractivity contribution in [2.24, 2.45) is 46.8 Å². The average molecular weight is 144 g/mol. The van der Waals surface area contributed by atoms with Gasteiger partial charge < -0.3 is 0 Å². The molecule has 2 bridgehead atoms. The third kappa shape index (κ3) is 0.181. The van der Waals surface area contributed by atoms with E-state index in [4.69, 9.17) is 0 Å². The van der Waals surface area contributed by atoms with E-state index < -0.39 is 0 Å². The minimum Gasteiger partial charge on any atom is -0.102 e. The van der Waals surface area contributed by atoms with Gasteiger partial charge in [0.2, 0.25) is 0 Å². The first-order chi connectivity index (χ1) is 5.41. The molecule has 11 heavy (non-hydrogen) atoms. The van der Waals surface area contributed by atoms with Crippen LogP contribution in [0.2, 0.25) is 0 Å². The first kappa shape index (κ1) is 4.69. The summed E-state index contributed by atoms with van der Waals surface area (Å²) in [7, 11) is 0. The van der Waals surface area contributed by atoms with Crippen molar-refractivity contribution < 1.29 is 0 Å². The molecular formula is C11H12. The van der Waals surface area contributed by atoms with Crippen molar-refractivity contribution in [1.29, 1.82) is 0 Å². The minimum atomic E-state index is 0.757. The van der Waals surface area contributed by atoms with E-state index in [0.717, 1.165) is 17.3 Å². The van der Waals surface area contributed by atoms with Gasteiger partial charge in [-0.2, -0.15) is 0 Å². The monoisotopic (exact) mass is 144 g/mol. The van der Waals surface area contributed by atoms with Crippen molar-refractivity contribution in [3.8, 4) is 0 Å². The molecule has 6 aliphatic rings. The zero-order valence-corrected chi connectivity index (χ0v) is 6.53. The van der Waals surface area contributed by atoms with Crippen LogP contribution in [0.1, 0.15) is 6.42 Å². The minimum absolute atomic E-state index is 0.757. The second-order valence-electron chi connectivity index (χ2n) is 5.50. The Morgan fingerprint density at radius 2 is 1.82 bits per heavy atom. The fraction of sp³-hybridized carbons (Fsp3) is 0.818. The van der Waals surface area contributed by atoms with Crippen molar-refractivity contribution in [2.45, 2.75) is 6.42 Å². The largest absolute Gasteiger partial charge is 0.102 e. The van der Waals surface area contributed by atoms with Crippen LogP contribution in [0.3, 0.4) is 0 Å². The van der Waals surface area contributed by atoms with Crippen molar-refractivity contribution in [1.82, 2.24) is 0 Å². The molecule has 0 saturated heterocycles. The lowest BCUT2D eigenvalue weighted by Gasteiger charge is -2.90. The maximum Gasteiger partial charge on any atom is -0.00193 e. The Labute approximate surface area is 66.7 Å². The molecule has 0 aromatic heterocycles. The van der Waals surface area contributed by atoms with E-state index in [-0.39, 0.29) is 0 Å². The van der Waals surface area contributed by atoms with Crippen LogP contribution in [-0.4, -0.2) is 0 Å². The van der Waals surface area contributed by atoms with Crippen LogP contribution in [-0.2, 0) is 0 Å². The molecule has 6 saturated carbocycles. The molecule has 0 aliphatic heterocycles. The predicted molar refractivity (Wildman–Crippen MR) is 41.7 cm³/mol. The molecule has 0 heteroatoms. The summed E-state index contributed by atoms with van der Waals surface area (Å²) in [4.78, 5) is 0. The molecule has 56 valence electrons. The molecule has 0 spiro atoms. The summed E-state index contributed by atoms with van der Waals surface area (Å²) in [5, 5.41) is 0. The quantitative estimate of drug-likeness (QED) is 0.493. The van der Waals surface area contributed by atoms with Crippen LogP contribution in [0.15, 0.2) is 12.7 Å². The Morgan fingerprint density at radius 1 is 1.09 bits per heavy atom. The molecule has 0 nitrogen and oxygen atoms in total. The highest BCUT2D eigenvalue weighted by Crippen LogP contribution is 3.00. The van der Waals surface area contributed by atoms with Gasteiger partial charge in [0, 0.05) is 0 Å². The van der Waals surface area contributed by atoms with Gasteiger partial charge in [-0.1, -0.05) is 6.08 Å². The summed E-state index contributed by atoms with van der Waals surface area (Å²) >= 11 is 0. The Hall–Kier alpha value is -0.260. The second-order valence-corrected chi connectivity index (χ2v) is 5.50. The first-order valence-corrected chi connectivity index (χ1v) is 5.05. The normalized spacial score (nSPS) is 89.3. The van der Waals surface area contributed by atoms with Crippen molar-refractivity contribution in [3.05, 3.63) is 12.7 Å². The van der Waals surface area contributed by atoms with E-state index in [2.05, 4.69) is 12.7 Å². The summed E-state index contributed by atoms with van der Waals surface area (Å²) < 4.78 is 0. The first-order valence-electron chi connectivity index (χ1n) is 5.05. The van der Waals surface area contributed by atoms with Crippen molar-refractivity contribution in [3.63, 3.8) is 0 Å².